The SMILES string of the molecule is COc1ccc(NC(=O)CNC(=O)Cn2cnc3sc(C)c(C)c3c2=O)cc1Cl. The number of fused-ring (bicyclic) bond motifs is 1. The number of aryl methyl sites for hydroxylation is 2. The van der Waals surface area contributed by atoms with Gasteiger partial charge in [0.1, 0.15) is 17.1 Å². The highest BCUT2D eigenvalue weighted by atomic mass is 35.5. The molecule has 3 rings (SSSR count). The molecule has 0 saturated heterocycles. The van der Waals surface area contributed by atoms with Crippen LogP contribution in [0.4, 0.5) is 5.69 Å². The van der Waals surface area contributed by atoms with Crippen LogP contribution >= 0.6 is 22.9 Å². The molecule has 0 saturated carbocycles. The Bertz CT molecular complexity index is 1160. The third-order valence-corrected chi connectivity index (χ3v) is 5.76. The lowest BCUT2D eigenvalue weighted by Gasteiger charge is -2.09. The summed E-state index contributed by atoms with van der Waals surface area (Å²) in [5, 5.41) is 6.00. The Kier molecular flexibility index (Phi) is 6.19. The summed E-state index contributed by atoms with van der Waals surface area (Å²) in [6, 6.07) is 4.81. The molecule has 0 aliphatic rings. The molecule has 2 N–H and O–H groups in total. The van der Waals surface area contributed by atoms with Crippen LogP contribution in [0.2, 0.25) is 5.02 Å². The number of benzene rings is 1. The Balaban J connectivity index is 1.60. The summed E-state index contributed by atoms with van der Waals surface area (Å²) in [5.74, 6) is -0.407. The number of carbonyl (C=O) groups excluding carboxylic acids is 2. The van der Waals surface area contributed by atoms with Gasteiger partial charge in [-0.2, -0.15) is 0 Å². The van der Waals surface area contributed by atoms with Gasteiger partial charge in [-0.15, -0.1) is 11.3 Å². The highest BCUT2D eigenvalue weighted by Gasteiger charge is 2.14. The quantitative estimate of drug-likeness (QED) is 0.620. The van der Waals surface area contributed by atoms with E-state index < -0.39 is 11.8 Å². The van der Waals surface area contributed by atoms with E-state index in [9.17, 15) is 14.4 Å². The average Bonchev–Trinajstić information content (AvgIpc) is 2.97. The summed E-state index contributed by atoms with van der Waals surface area (Å²) in [5.41, 5.74) is 1.07. The van der Waals surface area contributed by atoms with E-state index in [2.05, 4.69) is 15.6 Å². The Labute approximate surface area is 175 Å². The normalized spacial score (nSPS) is 10.8. The van der Waals surface area contributed by atoms with E-state index in [1.54, 1.807) is 18.2 Å². The van der Waals surface area contributed by atoms with Crippen molar-refractivity contribution in [2.75, 3.05) is 19.0 Å². The number of ether oxygens (including phenoxy) is 1. The number of anilines is 1. The minimum atomic E-state index is -0.472. The van der Waals surface area contributed by atoms with Crippen molar-refractivity contribution in [2.45, 2.75) is 20.4 Å². The largest absolute Gasteiger partial charge is 0.495 e. The summed E-state index contributed by atoms with van der Waals surface area (Å²) >= 11 is 7.46. The zero-order valence-corrected chi connectivity index (χ0v) is 17.6. The van der Waals surface area contributed by atoms with Crippen LogP contribution in [0.5, 0.6) is 5.75 Å². The molecule has 2 amide bonds. The van der Waals surface area contributed by atoms with E-state index in [-0.39, 0.29) is 18.6 Å². The molecule has 0 bridgehead atoms. The number of nitrogens with zero attached hydrogens (tertiary/aromatic N) is 2. The van der Waals surface area contributed by atoms with Crippen molar-refractivity contribution in [3.8, 4) is 5.75 Å². The van der Waals surface area contributed by atoms with Crippen LogP contribution in [-0.4, -0.2) is 35.0 Å². The van der Waals surface area contributed by atoms with E-state index in [0.717, 1.165) is 10.4 Å². The predicted molar refractivity (Wildman–Crippen MR) is 113 cm³/mol. The van der Waals surface area contributed by atoms with Gasteiger partial charge in [-0.1, -0.05) is 11.6 Å². The van der Waals surface area contributed by atoms with Gasteiger partial charge in [0.05, 0.1) is 30.4 Å². The lowest BCUT2D eigenvalue weighted by Crippen LogP contribution is -2.37. The fraction of sp³-hybridized carbons (Fsp3) is 0.263. The smallest absolute Gasteiger partial charge is 0.262 e. The second-order valence-electron chi connectivity index (χ2n) is 6.32. The number of halogens is 1. The van der Waals surface area contributed by atoms with Crippen molar-refractivity contribution in [1.82, 2.24) is 14.9 Å². The third kappa shape index (κ3) is 4.57. The number of methoxy groups -OCH3 is 1. The molecule has 0 spiro atoms. The highest BCUT2D eigenvalue weighted by molar-refractivity contribution is 7.18. The van der Waals surface area contributed by atoms with Crippen LogP contribution in [0.1, 0.15) is 10.4 Å². The fourth-order valence-corrected chi connectivity index (χ4v) is 3.97. The molecule has 152 valence electrons. The molecule has 10 heteroatoms. The lowest BCUT2D eigenvalue weighted by molar-refractivity contribution is -0.124. The Morgan fingerprint density at radius 3 is 2.72 bits per heavy atom. The molecular weight excluding hydrogens is 416 g/mol. The molecule has 0 atom stereocenters. The van der Waals surface area contributed by atoms with Gasteiger partial charge >= 0.3 is 0 Å². The zero-order valence-electron chi connectivity index (χ0n) is 16.0. The molecule has 3 aromatic rings. The molecule has 0 aliphatic heterocycles. The van der Waals surface area contributed by atoms with Crippen molar-refractivity contribution in [2.24, 2.45) is 0 Å². The number of hydrogen-bond donors (Lipinski definition) is 2. The fourth-order valence-electron chi connectivity index (χ4n) is 2.72. The maximum absolute atomic E-state index is 12.6. The Morgan fingerprint density at radius 2 is 2.03 bits per heavy atom. The molecule has 8 nitrogen and oxygen atoms in total. The predicted octanol–water partition coefficient (Wildman–Crippen LogP) is 2.49. The van der Waals surface area contributed by atoms with Gasteiger partial charge < -0.3 is 15.4 Å². The van der Waals surface area contributed by atoms with Crippen molar-refractivity contribution in [3.63, 3.8) is 0 Å². The molecule has 1 aromatic carbocycles. The van der Waals surface area contributed by atoms with Crippen molar-refractivity contribution < 1.29 is 14.3 Å². The van der Waals surface area contributed by atoms with Crippen LogP contribution in [0.3, 0.4) is 0 Å². The number of hydrogen-bond acceptors (Lipinski definition) is 6. The van der Waals surface area contributed by atoms with Crippen LogP contribution in [0.15, 0.2) is 29.3 Å². The second-order valence-corrected chi connectivity index (χ2v) is 7.93. The first-order chi connectivity index (χ1) is 13.8. The van der Waals surface area contributed by atoms with Crippen molar-refractivity contribution in [1.29, 1.82) is 0 Å². The van der Waals surface area contributed by atoms with Gasteiger partial charge in [0.2, 0.25) is 11.8 Å². The summed E-state index contributed by atoms with van der Waals surface area (Å²) < 4.78 is 6.29. The van der Waals surface area contributed by atoms with Gasteiger partial charge in [0, 0.05) is 10.6 Å². The Hall–Kier alpha value is -2.91. The molecule has 0 unspecified atom stereocenters. The van der Waals surface area contributed by atoms with E-state index in [1.807, 2.05) is 13.8 Å². The van der Waals surface area contributed by atoms with Gasteiger partial charge in [-0.05, 0) is 37.6 Å². The van der Waals surface area contributed by atoms with E-state index in [4.69, 9.17) is 16.3 Å². The van der Waals surface area contributed by atoms with Gasteiger partial charge in [-0.25, -0.2) is 4.98 Å². The number of rotatable bonds is 6. The maximum atomic E-state index is 12.6. The number of amides is 2. The average molecular weight is 435 g/mol. The van der Waals surface area contributed by atoms with Crippen LogP contribution in [0, 0.1) is 13.8 Å². The molecule has 0 fully saturated rings. The zero-order chi connectivity index (χ0) is 21.1. The van der Waals surface area contributed by atoms with Crippen LogP contribution < -0.4 is 20.9 Å². The molecular formula is C19H19ClN4O4S. The number of thiophene rings is 1. The lowest BCUT2D eigenvalue weighted by atomic mass is 10.2. The summed E-state index contributed by atoms with van der Waals surface area (Å²) in [6.07, 6.45) is 1.35. The summed E-state index contributed by atoms with van der Waals surface area (Å²) in [4.78, 5) is 42.7. The van der Waals surface area contributed by atoms with Crippen molar-refractivity contribution in [3.05, 3.63) is 50.3 Å². The third-order valence-electron chi connectivity index (χ3n) is 4.35. The molecule has 2 aromatic heterocycles. The number of nitrogens with one attached hydrogen (secondary N) is 2. The van der Waals surface area contributed by atoms with E-state index in [1.165, 1.54) is 29.3 Å². The number of aromatic nitrogens is 2. The van der Waals surface area contributed by atoms with E-state index in [0.29, 0.717) is 26.7 Å². The van der Waals surface area contributed by atoms with Crippen LogP contribution in [-0.2, 0) is 16.1 Å². The highest BCUT2D eigenvalue weighted by Crippen LogP contribution is 2.27. The monoisotopic (exact) mass is 434 g/mol. The summed E-state index contributed by atoms with van der Waals surface area (Å²) in [6.45, 7) is 3.31. The molecule has 0 radical (unpaired) electrons. The molecule has 0 aliphatic carbocycles. The maximum Gasteiger partial charge on any atom is 0.262 e. The summed E-state index contributed by atoms with van der Waals surface area (Å²) in [7, 11) is 1.49. The molecule has 29 heavy (non-hydrogen) atoms. The second kappa shape index (κ2) is 8.62. The molecule has 2 heterocycles. The van der Waals surface area contributed by atoms with Gasteiger partial charge in [0.25, 0.3) is 5.56 Å². The minimum absolute atomic E-state index is 0.224. The van der Waals surface area contributed by atoms with Gasteiger partial charge in [0.15, 0.2) is 0 Å². The van der Waals surface area contributed by atoms with Crippen LogP contribution in [0.25, 0.3) is 10.2 Å². The first kappa shape index (κ1) is 20.8. The Morgan fingerprint density at radius 1 is 1.28 bits per heavy atom. The first-order valence-electron chi connectivity index (χ1n) is 8.65. The van der Waals surface area contributed by atoms with Crippen molar-refractivity contribution >= 4 is 50.7 Å². The first-order valence-corrected chi connectivity index (χ1v) is 9.84. The van der Waals surface area contributed by atoms with E-state index >= 15 is 0 Å². The standard InChI is InChI=1S/C19H19ClN4O4S/c1-10-11(2)29-18-17(10)19(27)24(9-22-18)8-16(26)21-7-15(25)23-12-4-5-14(28-3)13(20)6-12/h4-6,9H,7-8H2,1-3H3,(H,21,26)(H,23,25). The minimum Gasteiger partial charge on any atom is -0.495 e. The number of carbonyl (C=O) groups is 2. The van der Waals surface area contributed by atoms with Gasteiger partial charge in [-0.3, -0.25) is 19.0 Å². The topological polar surface area (TPSA) is 102 Å².